The second-order valence-electron chi connectivity index (χ2n) is 5.11. The van der Waals surface area contributed by atoms with Gasteiger partial charge in [-0.25, -0.2) is 0 Å². The molecular weight excluding hydrogens is 278 g/mol. The molecular formula is C18H17NO3. The molecule has 3 aromatic rings. The van der Waals surface area contributed by atoms with E-state index in [1.54, 1.807) is 25.8 Å². The molecule has 4 nitrogen and oxygen atoms in total. The molecule has 0 radical (unpaired) electrons. The monoisotopic (exact) mass is 295 g/mol. The van der Waals surface area contributed by atoms with Gasteiger partial charge in [-0.15, -0.1) is 0 Å². The summed E-state index contributed by atoms with van der Waals surface area (Å²) >= 11 is 0. The van der Waals surface area contributed by atoms with Crippen LogP contribution in [0.15, 0.2) is 53.5 Å². The summed E-state index contributed by atoms with van der Waals surface area (Å²) in [6.07, 6.45) is 1.85. The van der Waals surface area contributed by atoms with E-state index in [0.717, 1.165) is 16.5 Å². The molecule has 2 aromatic carbocycles. The predicted molar refractivity (Wildman–Crippen MR) is 87.7 cm³/mol. The standard InChI is InChI=1S/C18H17NO3/c1-19-11-17(15-6-4-5-7-16(15)18(19)20)12-8-13(21-2)10-14(9-12)22-3/h4-11H,1-3H3. The summed E-state index contributed by atoms with van der Waals surface area (Å²) in [7, 11) is 5.00. The Bertz CT molecular complexity index is 874. The third kappa shape index (κ3) is 2.33. The Morgan fingerprint density at radius 1 is 0.909 bits per heavy atom. The van der Waals surface area contributed by atoms with Gasteiger partial charge in [0.1, 0.15) is 11.5 Å². The fraction of sp³-hybridized carbons (Fsp3) is 0.167. The Labute approximate surface area is 128 Å². The molecule has 1 aromatic heterocycles. The molecule has 4 heteroatoms. The van der Waals surface area contributed by atoms with Gasteiger partial charge in [-0.2, -0.15) is 0 Å². The number of nitrogens with zero attached hydrogens (tertiary/aromatic N) is 1. The number of benzene rings is 2. The van der Waals surface area contributed by atoms with Gasteiger partial charge < -0.3 is 14.0 Å². The maximum absolute atomic E-state index is 12.3. The topological polar surface area (TPSA) is 40.5 Å². The lowest BCUT2D eigenvalue weighted by Gasteiger charge is -2.12. The van der Waals surface area contributed by atoms with Crippen LogP contribution in [0.1, 0.15) is 0 Å². The van der Waals surface area contributed by atoms with E-state index in [1.165, 1.54) is 0 Å². The quantitative estimate of drug-likeness (QED) is 0.745. The van der Waals surface area contributed by atoms with Gasteiger partial charge in [-0.05, 0) is 29.1 Å². The van der Waals surface area contributed by atoms with Crippen molar-refractivity contribution in [3.63, 3.8) is 0 Å². The number of hydrogen-bond acceptors (Lipinski definition) is 3. The van der Waals surface area contributed by atoms with Crippen molar-refractivity contribution in [2.75, 3.05) is 14.2 Å². The second-order valence-corrected chi connectivity index (χ2v) is 5.11. The average molecular weight is 295 g/mol. The number of hydrogen-bond donors (Lipinski definition) is 0. The zero-order chi connectivity index (χ0) is 15.7. The van der Waals surface area contributed by atoms with Crippen LogP contribution in [0.5, 0.6) is 11.5 Å². The molecule has 1 heterocycles. The zero-order valence-corrected chi connectivity index (χ0v) is 12.8. The van der Waals surface area contributed by atoms with E-state index >= 15 is 0 Å². The fourth-order valence-electron chi connectivity index (χ4n) is 2.61. The minimum absolute atomic E-state index is 0.00536. The van der Waals surface area contributed by atoms with E-state index in [4.69, 9.17) is 9.47 Å². The Balaban J connectivity index is 2.35. The molecule has 0 atom stereocenters. The van der Waals surface area contributed by atoms with Crippen LogP contribution in [0.25, 0.3) is 21.9 Å². The fourth-order valence-corrected chi connectivity index (χ4v) is 2.61. The summed E-state index contributed by atoms with van der Waals surface area (Å²) in [6, 6.07) is 13.3. The van der Waals surface area contributed by atoms with Crippen LogP contribution in [0.3, 0.4) is 0 Å². The van der Waals surface area contributed by atoms with Crippen molar-refractivity contribution in [3.8, 4) is 22.6 Å². The van der Waals surface area contributed by atoms with E-state index in [9.17, 15) is 4.79 Å². The lowest BCUT2D eigenvalue weighted by Crippen LogP contribution is -2.16. The highest BCUT2D eigenvalue weighted by atomic mass is 16.5. The highest BCUT2D eigenvalue weighted by molar-refractivity contribution is 5.96. The number of aromatic nitrogens is 1. The van der Waals surface area contributed by atoms with Crippen LogP contribution in [0, 0.1) is 0 Å². The van der Waals surface area contributed by atoms with Crippen molar-refractivity contribution >= 4 is 10.8 Å². The summed E-state index contributed by atoms with van der Waals surface area (Å²) in [4.78, 5) is 12.3. The van der Waals surface area contributed by atoms with Crippen LogP contribution in [0.2, 0.25) is 0 Å². The van der Waals surface area contributed by atoms with Crippen molar-refractivity contribution in [2.45, 2.75) is 0 Å². The molecule has 0 amide bonds. The van der Waals surface area contributed by atoms with E-state index in [1.807, 2.05) is 48.7 Å². The number of methoxy groups -OCH3 is 2. The lowest BCUT2D eigenvalue weighted by molar-refractivity contribution is 0.394. The van der Waals surface area contributed by atoms with Gasteiger partial charge in [-0.1, -0.05) is 18.2 Å². The summed E-state index contributed by atoms with van der Waals surface area (Å²) in [5, 5.41) is 1.62. The minimum atomic E-state index is -0.00536. The van der Waals surface area contributed by atoms with Gasteiger partial charge in [0.05, 0.1) is 14.2 Å². The first-order valence-electron chi connectivity index (χ1n) is 6.96. The molecule has 0 aliphatic heterocycles. The number of rotatable bonds is 3. The molecule has 0 saturated heterocycles. The highest BCUT2D eigenvalue weighted by Gasteiger charge is 2.11. The van der Waals surface area contributed by atoms with Crippen molar-refractivity contribution in [2.24, 2.45) is 7.05 Å². The molecule has 0 bridgehead atoms. The predicted octanol–water partition coefficient (Wildman–Crippen LogP) is 3.22. The smallest absolute Gasteiger partial charge is 0.258 e. The molecule has 0 spiro atoms. The Morgan fingerprint density at radius 3 is 2.09 bits per heavy atom. The van der Waals surface area contributed by atoms with Gasteiger partial charge >= 0.3 is 0 Å². The maximum atomic E-state index is 12.3. The molecule has 0 unspecified atom stereocenters. The van der Waals surface area contributed by atoms with Gasteiger partial charge in [0.15, 0.2) is 0 Å². The molecule has 22 heavy (non-hydrogen) atoms. The second kappa shape index (κ2) is 5.56. The number of pyridine rings is 1. The van der Waals surface area contributed by atoms with Crippen LogP contribution < -0.4 is 15.0 Å². The van der Waals surface area contributed by atoms with Crippen molar-refractivity contribution in [1.82, 2.24) is 4.57 Å². The Morgan fingerprint density at radius 2 is 1.50 bits per heavy atom. The molecule has 112 valence electrons. The van der Waals surface area contributed by atoms with E-state index in [2.05, 4.69) is 0 Å². The molecule has 3 rings (SSSR count). The van der Waals surface area contributed by atoms with Gasteiger partial charge in [-0.3, -0.25) is 4.79 Å². The molecule has 0 N–H and O–H groups in total. The summed E-state index contributed by atoms with van der Waals surface area (Å²) in [5.74, 6) is 1.43. The van der Waals surface area contributed by atoms with Crippen molar-refractivity contribution in [3.05, 3.63) is 59.0 Å². The van der Waals surface area contributed by atoms with Gasteiger partial charge in [0.25, 0.3) is 5.56 Å². The average Bonchev–Trinajstić information content (AvgIpc) is 2.57. The molecule has 0 aliphatic carbocycles. The Kier molecular flexibility index (Phi) is 3.59. The first-order valence-corrected chi connectivity index (χ1v) is 6.96. The van der Waals surface area contributed by atoms with Crippen LogP contribution in [-0.4, -0.2) is 18.8 Å². The van der Waals surface area contributed by atoms with Crippen LogP contribution >= 0.6 is 0 Å². The number of fused-ring (bicyclic) bond motifs is 1. The van der Waals surface area contributed by atoms with Gasteiger partial charge in [0.2, 0.25) is 0 Å². The van der Waals surface area contributed by atoms with E-state index < -0.39 is 0 Å². The first kappa shape index (κ1) is 14.2. The zero-order valence-electron chi connectivity index (χ0n) is 12.8. The maximum Gasteiger partial charge on any atom is 0.258 e. The van der Waals surface area contributed by atoms with Crippen LogP contribution in [0.4, 0.5) is 0 Å². The van der Waals surface area contributed by atoms with E-state index in [0.29, 0.717) is 16.9 Å². The van der Waals surface area contributed by atoms with Crippen molar-refractivity contribution in [1.29, 1.82) is 0 Å². The first-order chi connectivity index (χ1) is 10.6. The molecule has 0 aliphatic rings. The summed E-state index contributed by atoms with van der Waals surface area (Å²) < 4.78 is 12.3. The molecule has 0 fully saturated rings. The number of ether oxygens (including phenoxy) is 2. The van der Waals surface area contributed by atoms with Crippen molar-refractivity contribution < 1.29 is 9.47 Å². The summed E-state index contributed by atoms with van der Waals surface area (Å²) in [6.45, 7) is 0. The largest absolute Gasteiger partial charge is 0.497 e. The van der Waals surface area contributed by atoms with Crippen LogP contribution in [-0.2, 0) is 7.05 Å². The normalized spacial score (nSPS) is 10.7. The lowest BCUT2D eigenvalue weighted by atomic mass is 10.00. The Hall–Kier alpha value is -2.75. The highest BCUT2D eigenvalue weighted by Crippen LogP contribution is 2.32. The van der Waals surface area contributed by atoms with E-state index in [-0.39, 0.29) is 5.56 Å². The summed E-state index contributed by atoms with van der Waals surface area (Å²) in [5.41, 5.74) is 1.91. The van der Waals surface area contributed by atoms with Gasteiger partial charge in [0, 0.05) is 30.3 Å². The molecule has 0 saturated carbocycles. The number of aryl methyl sites for hydroxylation is 1. The SMILES string of the molecule is COc1cc(OC)cc(-c2cn(C)c(=O)c3ccccc23)c1. The third-order valence-corrected chi connectivity index (χ3v) is 3.75. The minimum Gasteiger partial charge on any atom is -0.497 e. The third-order valence-electron chi connectivity index (χ3n) is 3.75.